The molecule has 3 aromatic rings. The Morgan fingerprint density at radius 3 is 2.89 bits per heavy atom. The normalized spacial score (nSPS) is 10.6. The second-order valence-corrected chi connectivity index (χ2v) is 4.14. The van der Waals surface area contributed by atoms with Gasteiger partial charge in [-0.15, -0.1) is 5.10 Å². The van der Waals surface area contributed by atoms with Crippen molar-refractivity contribution in [2.75, 3.05) is 5.32 Å². The predicted octanol–water partition coefficient (Wildman–Crippen LogP) is 1.62. The SMILES string of the molecule is Cn1cc(C(=O)Nc2cncc3ccccc23)nn1. The van der Waals surface area contributed by atoms with Gasteiger partial charge in [-0.05, 0) is 0 Å². The standard InChI is InChI=1S/C13H11N5O/c1-18-8-12(16-17-18)13(19)15-11-7-14-6-9-4-2-3-5-10(9)11/h2-8H,1H3,(H,15,19). The van der Waals surface area contributed by atoms with Gasteiger partial charge in [0.05, 0.1) is 18.1 Å². The van der Waals surface area contributed by atoms with Crippen molar-refractivity contribution in [1.82, 2.24) is 20.0 Å². The van der Waals surface area contributed by atoms with Crippen LogP contribution in [0.4, 0.5) is 5.69 Å². The highest BCUT2D eigenvalue weighted by Gasteiger charge is 2.11. The van der Waals surface area contributed by atoms with E-state index in [0.717, 1.165) is 10.8 Å². The smallest absolute Gasteiger partial charge is 0.277 e. The minimum absolute atomic E-state index is 0.274. The van der Waals surface area contributed by atoms with Gasteiger partial charge in [0.2, 0.25) is 0 Å². The molecule has 0 aliphatic carbocycles. The number of anilines is 1. The van der Waals surface area contributed by atoms with Gasteiger partial charge in [0, 0.05) is 24.0 Å². The van der Waals surface area contributed by atoms with E-state index in [4.69, 9.17) is 0 Å². The van der Waals surface area contributed by atoms with Crippen LogP contribution in [0.3, 0.4) is 0 Å². The van der Waals surface area contributed by atoms with Gasteiger partial charge in [0.25, 0.3) is 5.91 Å². The zero-order valence-corrected chi connectivity index (χ0v) is 10.2. The summed E-state index contributed by atoms with van der Waals surface area (Å²) in [6, 6.07) is 7.72. The third-order valence-electron chi connectivity index (χ3n) is 2.75. The van der Waals surface area contributed by atoms with Crippen LogP contribution in [-0.2, 0) is 7.05 Å². The lowest BCUT2D eigenvalue weighted by Gasteiger charge is -2.06. The largest absolute Gasteiger partial charge is 0.319 e. The topological polar surface area (TPSA) is 72.7 Å². The molecule has 0 aliphatic rings. The lowest BCUT2D eigenvalue weighted by Crippen LogP contribution is -2.12. The van der Waals surface area contributed by atoms with Crippen molar-refractivity contribution in [3.8, 4) is 0 Å². The van der Waals surface area contributed by atoms with Crippen molar-refractivity contribution in [3.05, 3.63) is 48.5 Å². The number of aryl methyl sites for hydroxylation is 1. The lowest BCUT2D eigenvalue weighted by molar-refractivity contribution is 0.102. The van der Waals surface area contributed by atoms with Crippen molar-refractivity contribution >= 4 is 22.4 Å². The molecular formula is C13H11N5O. The van der Waals surface area contributed by atoms with Crippen LogP contribution >= 0.6 is 0 Å². The highest BCUT2D eigenvalue weighted by molar-refractivity contribution is 6.07. The highest BCUT2D eigenvalue weighted by atomic mass is 16.2. The lowest BCUT2D eigenvalue weighted by atomic mass is 10.1. The number of aromatic nitrogens is 4. The highest BCUT2D eigenvalue weighted by Crippen LogP contribution is 2.21. The molecular weight excluding hydrogens is 242 g/mol. The molecule has 0 spiro atoms. The first kappa shape index (κ1) is 11.3. The Labute approximate surface area is 109 Å². The first-order valence-electron chi connectivity index (χ1n) is 5.74. The quantitative estimate of drug-likeness (QED) is 0.753. The summed E-state index contributed by atoms with van der Waals surface area (Å²) in [4.78, 5) is 16.1. The fourth-order valence-corrected chi connectivity index (χ4v) is 1.85. The molecule has 6 heteroatoms. The minimum atomic E-state index is -0.300. The number of fused-ring (bicyclic) bond motifs is 1. The number of pyridine rings is 1. The van der Waals surface area contributed by atoms with Crippen LogP contribution < -0.4 is 5.32 Å². The van der Waals surface area contributed by atoms with E-state index in [0.29, 0.717) is 5.69 Å². The van der Waals surface area contributed by atoms with E-state index in [1.165, 1.54) is 4.68 Å². The molecule has 0 radical (unpaired) electrons. The molecule has 1 amide bonds. The van der Waals surface area contributed by atoms with Gasteiger partial charge in [-0.2, -0.15) is 0 Å². The number of benzene rings is 1. The van der Waals surface area contributed by atoms with Crippen LogP contribution in [0, 0.1) is 0 Å². The summed E-state index contributed by atoms with van der Waals surface area (Å²) in [6.07, 6.45) is 4.94. The number of carbonyl (C=O) groups excluding carboxylic acids is 1. The summed E-state index contributed by atoms with van der Waals surface area (Å²) in [5, 5.41) is 12.2. The molecule has 6 nitrogen and oxygen atoms in total. The maximum atomic E-state index is 12.0. The second-order valence-electron chi connectivity index (χ2n) is 4.14. The van der Waals surface area contributed by atoms with Gasteiger partial charge in [0.1, 0.15) is 0 Å². The van der Waals surface area contributed by atoms with E-state index in [2.05, 4.69) is 20.6 Å². The van der Waals surface area contributed by atoms with E-state index >= 15 is 0 Å². The first-order chi connectivity index (χ1) is 9.24. The van der Waals surface area contributed by atoms with E-state index in [9.17, 15) is 4.79 Å². The summed E-state index contributed by atoms with van der Waals surface area (Å²) in [6.45, 7) is 0. The molecule has 0 atom stereocenters. The van der Waals surface area contributed by atoms with Crippen LogP contribution in [0.15, 0.2) is 42.9 Å². The monoisotopic (exact) mass is 253 g/mol. The summed E-state index contributed by atoms with van der Waals surface area (Å²) < 4.78 is 1.48. The van der Waals surface area contributed by atoms with E-state index < -0.39 is 0 Å². The Morgan fingerprint density at radius 2 is 2.11 bits per heavy atom. The van der Waals surface area contributed by atoms with Gasteiger partial charge in [-0.1, -0.05) is 29.5 Å². The van der Waals surface area contributed by atoms with Crippen molar-refractivity contribution < 1.29 is 4.79 Å². The van der Waals surface area contributed by atoms with Crippen LogP contribution in [0.5, 0.6) is 0 Å². The average molecular weight is 253 g/mol. The number of hydrogen-bond acceptors (Lipinski definition) is 4. The predicted molar refractivity (Wildman–Crippen MR) is 70.7 cm³/mol. The number of carbonyl (C=O) groups is 1. The zero-order chi connectivity index (χ0) is 13.2. The van der Waals surface area contributed by atoms with Crippen LogP contribution in [-0.4, -0.2) is 25.9 Å². The van der Waals surface area contributed by atoms with Gasteiger partial charge < -0.3 is 5.32 Å². The Hall–Kier alpha value is -2.76. The molecule has 0 saturated carbocycles. The zero-order valence-electron chi connectivity index (χ0n) is 10.2. The van der Waals surface area contributed by atoms with Gasteiger partial charge in [0.15, 0.2) is 5.69 Å². The number of nitrogens with one attached hydrogen (secondary N) is 1. The van der Waals surface area contributed by atoms with E-state index in [-0.39, 0.29) is 11.6 Å². The van der Waals surface area contributed by atoms with Crippen molar-refractivity contribution in [2.24, 2.45) is 7.05 Å². The van der Waals surface area contributed by atoms with Crippen LogP contribution in [0.1, 0.15) is 10.5 Å². The fourth-order valence-electron chi connectivity index (χ4n) is 1.85. The van der Waals surface area contributed by atoms with Gasteiger partial charge >= 0.3 is 0 Å². The number of nitrogens with zero attached hydrogens (tertiary/aromatic N) is 4. The maximum Gasteiger partial charge on any atom is 0.277 e. The van der Waals surface area contributed by atoms with Gasteiger partial charge in [-0.3, -0.25) is 14.5 Å². The molecule has 0 aliphatic heterocycles. The number of amides is 1. The van der Waals surface area contributed by atoms with E-state index in [1.807, 2.05) is 24.3 Å². The number of rotatable bonds is 2. The molecule has 0 unspecified atom stereocenters. The molecule has 3 rings (SSSR count). The summed E-state index contributed by atoms with van der Waals surface area (Å²) in [5.74, 6) is -0.300. The van der Waals surface area contributed by atoms with Crippen molar-refractivity contribution in [3.63, 3.8) is 0 Å². The Morgan fingerprint density at radius 1 is 1.26 bits per heavy atom. The summed E-state index contributed by atoms with van der Waals surface area (Å²) in [7, 11) is 1.71. The molecule has 1 N–H and O–H groups in total. The number of hydrogen-bond donors (Lipinski definition) is 1. The van der Waals surface area contributed by atoms with E-state index in [1.54, 1.807) is 25.6 Å². The van der Waals surface area contributed by atoms with Crippen molar-refractivity contribution in [2.45, 2.75) is 0 Å². The molecule has 0 bridgehead atoms. The second kappa shape index (κ2) is 4.49. The third-order valence-corrected chi connectivity index (χ3v) is 2.75. The Balaban J connectivity index is 1.95. The summed E-state index contributed by atoms with van der Waals surface area (Å²) >= 11 is 0. The maximum absolute atomic E-state index is 12.0. The van der Waals surface area contributed by atoms with Crippen molar-refractivity contribution in [1.29, 1.82) is 0 Å². The average Bonchev–Trinajstić information content (AvgIpc) is 2.86. The molecule has 1 aromatic carbocycles. The Kier molecular flexibility index (Phi) is 2.68. The Bertz CT molecular complexity index is 744. The minimum Gasteiger partial charge on any atom is -0.319 e. The molecule has 2 aromatic heterocycles. The first-order valence-corrected chi connectivity index (χ1v) is 5.74. The van der Waals surface area contributed by atoms with Crippen LogP contribution in [0.2, 0.25) is 0 Å². The third kappa shape index (κ3) is 2.15. The molecule has 2 heterocycles. The molecule has 0 saturated heterocycles. The van der Waals surface area contributed by atoms with Gasteiger partial charge in [-0.25, -0.2) is 0 Å². The molecule has 0 fully saturated rings. The summed E-state index contributed by atoms with van der Waals surface area (Å²) in [5.41, 5.74) is 0.934. The molecule has 94 valence electrons. The van der Waals surface area contributed by atoms with Crippen LogP contribution in [0.25, 0.3) is 10.8 Å². The molecule has 19 heavy (non-hydrogen) atoms. The fraction of sp³-hybridized carbons (Fsp3) is 0.0769.